The molecule has 0 aromatic heterocycles. The number of nitrogens with zero attached hydrogens (tertiary/aromatic N) is 3. The van der Waals surface area contributed by atoms with E-state index < -0.39 is 8.32 Å². The fourth-order valence-corrected chi connectivity index (χ4v) is 8.23. The van der Waals surface area contributed by atoms with E-state index in [9.17, 15) is 9.59 Å². The molecule has 44 heavy (non-hydrogen) atoms. The van der Waals surface area contributed by atoms with Gasteiger partial charge < -0.3 is 33.8 Å². The zero-order valence-corrected chi connectivity index (χ0v) is 30.4. The van der Waals surface area contributed by atoms with Gasteiger partial charge in [-0.1, -0.05) is 0 Å². The number of piperazine rings is 2. The average Bonchev–Trinajstić information content (AvgIpc) is 3.80. The standard InChI is InChI=1S/C14H24N2O2.C11H20N2O2.C8H18O2Si/c1-14(2,3)18-13(17)15-8-11-6-7-12(9-15)16(11)10-4-5-10;1-11(2,3)15-10(14)13-6-8-4-5-9(7-13)12-8;1-5-9-8(6-7-8)10-11(2,3)4/h10-12H,4-9H2,1-3H3;8-9,12H,4-7H2,1-3H3;5-7H2,1-4H3. The van der Waals surface area contributed by atoms with Gasteiger partial charge in [-0.25, -0.2) is 9.59 Å². The van der Waals surface area contributed by atoms with Gasteiger partial charge in [0.1, 0.15) is 11.2 Å². The summed E-state index contributed by atoms with van der Waals surface area (Å²) < 4.78 is 22.3. The van der Waals surface area contributed by atoms with Crippen molar-refractivity contribution in [2.24, 2.45) is 0 Å². The van der Waals surface area contributed by atoms with Crippen LogP contribution < -0.4 is 5.32 Å². The molecule has 2 aliphatic carbocycles. The zero-order chi connectivity index (χ0) is 32.5. The number of carbonyl (C=O) groups excluding carboxylic acids is 2. The van der Waals surface area contributed by atoms with E-state index in [0.29, 0.717) is 24.2 Å². The summed E-state index contributed by atoms with van der Waals surface area (Å²) in [6.45, 7) is 24.2. The lowest BCUT2D eigenvalue weighted by atomic mass is 10.2. The Morgan fingerprint density at radius 3 is 1.52 bits per heavy atom. The second-order valence-corrected chi connectivity index (χ2v) is 21.0. The molecule has 6 fully saturated rings. The number of rotatable bonds is 5. The largest absolute Gasteiger partial charge is 0.444 e. The van der Waals surface area contributed by atoms with Gasteiger partial charge in [0, 0.05) is 75.8 Å². The van der Waals surface area contributed by atoms with Crippen molar-refractivity contribution in [3.8, 4) is 0 Å². The van der Waals surface area contributed by atoms with Crippen LogP contribution in [0.25, 0.3) is 0 Å². The quantitative estimate of drug-likeness (QED) is 0.292. The Hall–Kier alpha value is -1.40. The molecule has 6 aliphatic rings. The number of ether oxygens (including phenoxy) is 3. The Balaban J connectivity index is 0.000000156. The summed E-state index contributed by atoms with van der Waals surface area (Å²) in [4.78, 5) is 30.4. The van der Waals surface area contributed by atoms with Crippen LogP contribution >= 0.6 is 0 Å². The number of likely N-dealkylation sites (tertiary alicyclic amines) is 2. The first kappa shape index (κ1) is 35.5. The first-order valence-corrected chi connectivity index (χ1v) is 20.6. The molecule has 10 nitrogen and oxygen atoms in total. The van der Waals surface area contributed by atoms with E-state index in [1.165, 1.54) is 38.5 Å². The summed E-state index contributed by atoms with van der Waals surface area (Å²) in [5, 5.41) is 3.49. The molecule has 6 rings (SSSR count). The minimum atomic E-state index is -1.39. The molecule has 0 aromatic rings. The number of nitrogens with one attached hydrogen (secondary N) is 1. The van der Waals surface area contributed by atoms with E-state index in [0.717, 1.165) is 51.7 Å². The van der Waals surface area contributed by atoms with E-state index in [-0.39, 0.29) is 29.2 Å². The first-order valence-electron chi connectivity index (χ1n) is 17.2. The predicted molar refractivity (Wildman–Crippen MR) is 175 cm³/mol. The molecule has 4 aliphatic heterocycles. The van der Waals surface area contributed by atoms with Gasteiger partial charge in [-0.2, -0.15) is 0 Å². The lowest BCUT2D eigenvalue weighted by Crippen LogP contribution is -2.56. The highest BCUT2D eigenvalue weighted by molar-refractivity contribution is 6.69. The van der Waals surface area contributed by atoms with Crippen LogP contribution in [0.1, 0.15) is 99.8 Å². The highest BCUT2D eigenvalue weighted by Crippen LogP contribution is 2.43. The first-order chi connectivity index (χ1) is 20.4. The van der Waals surface area contributed by atoms with Crippen LogP contribution in [0.15, 0.2) is 0 Å². The fourth-order valence-electron chi connectivity index (χ4n) is 6.85. The Morgan fingerprint density at radius 1 is 0.727 bits per heavy atom. The summed E-state index contributed by atoms with van der Waals surface area (Å²) in [6, 6.07) is 2.96. The maximum absolute atomic E-state index is 12.1. The van der Waals surface area contributed by atoms with Crippen molar-refractivity contribution in [3.63, 3.8) is 0 Å². The third-order valence-electron chi connectivity index (χ3n) is 8.58. The summed E-state index contributed by atoms with van der Waals surface area (Å²) >= 11 is 0. The molecule has 4 bridgehead atoms. The van der Waals surface area contributed by atoms with Gasteiger partial charge in [0.2, 0.25) is 0 Å². The molecule has 0 aromatic carbocycles. The van der Waals surface area contributed by atoms with E-state index in [1.807, 2.05) is 58.3 Å². The lowest BCUT2D eigenvalue weighted by molar-refractivity contribution is -0.106. The SMILES string of the molecule is CC(C)(C)OC(=O)N1CC2CCC(C1)N2.CC(C)(C)OC(=O)N1CC2CCC(C1)N2C1CC1.CCOC1(O[Si](C)(C)C)CC1. The molecule has 4 saturated heterocycles. The van der Waals surface area contributed by atoms with Crippen LogP contribution in [-0.2, 0) is 18.6 Å². The second-order valence-electron chi connectivity index (χ2n) is 16.5. The smallest absolute Gasteiger partial charge is 0.410 e. The van der Waals surface area contributed by atoms with E-state index in [4.69, 9.17) is 18.6 Å². The van der Waals surface area contributed by atoms with Gasteiger partial charge in [0.25, 0.3) is 0 Å². The molecule has 2 amide bonds. The molecule has 254 valence electrons. The van der Waals surface area contributed by atoms with Crippen molar-refractivity contribution in [2.75, 3.05) is 32.8 Å². The number of hydrogen-bond donors (Lipinski definition) is 1. The van der Waals surface area contributed by atoms with Gasteiger partial charge in [-0.3, -0.25) is 4.90 Å². The second kappa shape index (κ2) is 13.8. The van der Waals surface area contributed by atoms with Crippen molar-refractivity contribution in [2.45, 2.75) is 167 Å². The Kier molecular flexibility index (Phi) is 11.1. The monoisotopic (exact) mass is 638 g/mol. The average molecular weight is 639 g/mol. The maximum atomic E-state index is 12.1. The van der Waals surface area contributed by atoms with Crippen molar-refractivity contribution >= 4 is 20.5 Å². The van der Waals surface area contributed by atoms with Gasteiger partial charge >= 0.3 is 12.2 Å². The molecule has 4 atom stereocenters. The number of amides is 2. The van der Waals surface area contributed by atoms with Crippen LogP contribution in [0.4, 0.5) is 9.59 Å². The van der Waals surface area contributed by atoms with Crippen molar-refractivity contribution in [1.82, 2.24) is 20.0 Å². The molecule has 0 spiro atoms. The maximum Gasteiger partial charge on any atom is 0.410 e. The Bertz CT molecular complexity index is 958. The zero-order valence-electron chi connectivity index (χ0n) is 29.4. The molecule has 11 heteroatoms. The Labute approximate surface area is 268 Å². The Morgan fingerprint density at radius 2 is 1.16 bits per heavy atom. The molecule has 1 N–H and O–H groups in total. The summed E-state index contributed by atoms with van der Waals surface area (Å²) in [5.74, 6) is -0.154. The topological polar surface area (TPSA) is 92.8 Å². The summed E-state index contributed by atoms with van der Waals surface area (Å²) in [7, 11) is -1.39. The van der Waals surface area contributed by atoms with Crippen molar-refractivity contribution < 1.29 is 28.2 Å². The van der Waals surface area contributed by atoms with Gasteiger partial charge in [-0.05, 0) is 107 Å². The van der Waals surface area contributed by atoms with Crippen LogP contribution in [0, 0.1) is 0 Å². The molecule has 4 unspecified atom stereocenters. The van der Waals surface area contributed by atoms with E-state index in [1.54, 1.807) is 0 Å². The van der Waals surface area contributed by atoms with Crippen LogP contribution in [0.3, 0.4) is 0 Å². The highest BCUT2D eigenvalue weighted by Gasteiger charge is 2.49. The van der Waals surface area contributed by atoms with Crippen LogP contribution in [-0.4, -0.2) is 115 Å². The van der Waals surface area contributed by atoms with Crippen LogP contribution in [0.5, 0.6) is 0 Å². The van der Waals surface area contributed by atoms with E-state index >= 15 is 0 Å². The number of hydrogen-bond acceptors (Lipinski definition) is 8. The third-order valence-corrected chi connectivity index (χ3v) is 9.57. The van der Waals surface area contributed by atoms with Gasteiger partial charge in [0.05, 0.1) is 0 Å². The third kappa shape index (κ3) is 10.8. The van der Waals surface area contributed by atoms with Crippen molar-refractivity contribution in [1.29, 1.82) is 0 Å². The van der Waals surface area contributed by atoms with Crippen molar-refractivity contribution in [3.05, 3.63) is 0 Å². The summed E-state index contributed by atoms with van der Waals surface area (Å²) in [5.41, 5.74) is -0.773. The molecule has 2 saturated carbocycles. The fraction of sp³-hybridized carbons (Fsp3) is 0.939. The van der Waals surface area contributed by atoms with Gasteiger partial charge in [0.15, 0.2) is 14.1 Å². The molecule has 0 radical (unpaired) electrons. The lowest BCUT2D eigenvalue weighted by Gasteiger charge is -2.41. The van der Waals surface area contributed by atoms with Gasteiger partial charge in [-0.15, -0.1) is 0 Å². The van der Waals surface area contributed by atoms with Crippen LogP contribution in [0.2, 0.25) is 19.6 Å². The molecule has 4 heterocycles. The van der Waals surface area contributed by atoms with E-state index in [2.05, 4.69) is 29.9 Å². The predicted octanol–water partition coefficient (Wildman–Crippen LogP) is 5.95. The summed E-state index contributed by atoms with van der Waals surface area (Å²) in [6.07, 6.45) is 9.47. The normalized spacial score (nSPS) is 29.2. The number of carbonyl (C=O) groups is 2. The highest BCUT2D eigenvalue weighted by atomic mass is 28.4. The molecular formula is C33H62N4O6Si. The molecular weight excluding hydrogens is 576 g/mol. The minimum Gasteiger partial charge on any atom is -0.444 e. The minimum absolute atomic E-state index is 0.130. The number of fused-ring (bicyclic) bond motifs is 4.